The van der Waals surface area contributed by atoms with E-state index in [4.69, 9.17) is 16.3 Å². The highest BCUT2D eigenvalue weighted by Gasteiger charge is 2.59. The summed E-state index contributed by atoms with van der Waals surface area (Å²) in [6.07, 6.45) is -0.223. The zero-order valence-corrected chi connectivity index (χ0v) is 9.87. The number of carbonyl (C=O) groups excluding carboxylic acids is 1. The second kappa shape index (κ2) is 3.92. The number of rotatable bonds is 3. The molecule has 0 bridgehead atoms. The molecule has 0 aromatic carbocycles. The van der Waals surface area contributed by atoms with E-state index in [1.54, 1.807) is 6.92 Å². The Balaban J connectivity index is 2.20. The van der Waals surface area contributed by atoms with Crippen molar-refractivity contribution < 1.29 is 18.3 Å². The summed E-state index contributed by atoms with van der Waals surface area (Å²) in [4.78, 5) is 15.2. The molecular formula is C9H8ClF2NO2S. The van der Waals surface area contributed by atoms with E-state index in [9.17, 15) is 13.6 Å². The fourth-order valence-corrected chi connectivity index (χ4v) is 2.62. The minimum Gasteiger partial charge on any atom is -0.462 e. The Hall–Kier alpha value is -0.750. The molecule has 1 saturated carbocycles. The van der Waals surface area contributed by atoms with Gasteiger partial charge in [0.15, 0.2) is 10.0 Å². The number of hydrogen-bond acceptors (Lipinski definition) is 4. The molecular weight excluding hydrogens is 260 g/mol. The van der Waals surface area contributed by atoms with Crippen molar-refractivity contribution in [2.24, 2.45) is 0 Å². The van der Waals surface area contributed by atoms with Gasteiger partial charge in [-0.3, -0.25) is 0 Å². The molecule has 2 rings (SSSR count). The number of thiazole rings is 1. The van der Waals surface area contributed by atoms with Gasteiger partial charge in [-0.05, 0) is 6.92 Å². The number of carbonyl (C=O) groups is 1. The van der Waals surface area contributed by atoms with Crippen LogP contribution in [0.1, 0.15) is 33.9 Å². The number of aromatic nitrogens is 1. The summed E-state index contributed by atoms with van der Waals surface area (Å²) in [5, 5.41) is 0.152. The molecule has 1 aliphatic carbocycles. The monoisotopic (exact) mass is 267 g/mol. The SMILES string of the molecule is CCOC(=O)c1sc(C2CC2(F)F)nc1Cl. The Morgan fingerprint density at radius 3 is 2.88 bits per heavy atom. The van der Waals surface area contributed by atoms with Gasteiger partial charge in [0.25, 0.3) is 5.92 Å². The van der Waals surface area contributed by atoms with E-state index in [-0.39, 0.29) is 28.1 Å². The van der Waals surface area contributed by atoms with Crippen LogP contribution in [-0.2, 0) is 4.74 Å². The molecule has 1 heterocycles. The highest BCUT2D eigenvalue weighted by Crippen LogP contribution is 2.56. The molecule has 0 saturated heterocycles. The standard InChI is InChI=1S/C9H8ClF2NO2S/c1-2-15-8(14)5-6(10)13-7(16-5)4-3-9(4,11)12/h4H,2-3H2,1H3. The van der Waals surface area contributed by atoms with E-state index >= 15 is 0 Å². The lowest BCUT2D eigenvalue weighted by atomic mass is 10.4. The first-order valence-corrected chi connectivity index (χ1v) is 5.86. The topological polar surface area (TPSA) is 39.2 Å². The van der Waals surface area contributed by atoms with Gasteiger partial charge >= 0.3 is 5.97 Å². The molecule has 1 fully saturated rings. The minimum atomic E-state index is -2.70. The molecule has 1 aromatic heterocycles. The van der Waals surface area contributed by atoms with E-state index in [0.717, 1.165) is 11.3 Å². The third kappa shape index (κ3) is 2.04. The Bertz CT molecular complexity index is 435. The van der Waals surface area contributed by atoms with Crippen LogP contribution in [0.15, 0.2) is 0 Å². The first-order valence-electron chi connectivity index (χ1n) is 4.67. The number of alkyl halides is 2. The molecule has 3 nitrogen and oxygen atoms in total. The number of ether oxygens (including phenoxy) is 1. The summed E-state index contributed by atoms with van der Waals surface area (Å²) < 4.78 is 30.3. The predicted molar refractivity (Wildman–Crippen MR) is 55.4 cm³/mol. The third-order valence-corrected chi connectivity index (χ3v) is 3.72. The Morgan fingerprint density at radius 2 is 2.38 bits per heavy atom. The summed E-state index contributed by atoms with van der Waals surface area (Å²) in [5.41, 5.74) is 0. The van der Waals surface area contributed by atoms with Crippen molar-refractivity contribution in [2.45, 2.75) is 25.2 Å². The Labute approximate surface area is 99.4 Å². The maximum atomic E-state index is 12.8. The molecule has 1 atom stereocenters. The van der Waals surface area contributed by atoms with E-state index in [1.165, 1.54) is 0 Å². The zero-order chi connectivity index (χ0) is 11.9. The molecule has 16 heavy (non-hydrogen) atoms. The fourth-order valence-electron chi connectivity index (χ4n) is 1.27. The lowest BCUT2D eigenvalue weighted by Gasteiger charge is -1.96. The molecule has 0 amide bonds. The maximum Gasteiger partial charge on any atom is 0.351 e. The van der Waals surface area contributed by atoms with Crippen molar-refractivity contribution in [1.29, 1.82) is 0 Å². The quantitative estimate of drug-likeness (QED) is 0.790. The molecule has 1 unspecified atom stereocenters. The Morgan fingerprint density at radius 1 is 1.75 bits per heavy atom. The van der Waals surface area contributed by atoms with E-state index in [1.807, 2.05) is 0 Å². The molecule has 0 N–H and O–H groups in total. The van der Waals surface area contributed by atoms with E-state index in [0.29, 0.717) is 0 Å². The smallest absolute Gasteiger partial charge is 0.351 e. The number of nitrogens with zero attached hydrogens (tertiary/aromatic N) is 1. The van der Waals surface area contributed by atoms with Crippen LogP contribution in [0, 0.1) is 0 Å². The second-order valence-electron chi connectivity index (χ2n) is 3.41. The van der Waals surface area contributed by atoms with Crippen molar-refractivity contribution in [2.75, 3.05) is 6.61 Å². The van der Waals surface area contributed by atoms with Crippen LogP contribution in [0.25, 0.3) is 0 Å². The van der Waals surface area contributed by atoms with Gasteiger partial charge in [0.2, 0.25) is 0 Å². The first-order chi connectivity index (χ1) is 7.45. The van der Waals surface area contributed by atoms with Crippen LogP contribution in [0.3, 0.4) is 0 Å². The predicted octanol–water partition coefficient (Wildman–Crippen LogP) is 3.10. The maximum absolute atomic E-state index is 12.8. The molecule has 1 aliphatic rings. The number of esters is 1. The third-order valence-electron chi connectivity index (χ3n) is 2.19. The van der Waals surface area contributed by atoms with Crippen LogP contribution < -0.4 is 0 Å². The Kier molecular flexibility index (Phi) is 2.88. The van der Waals surface area contributed by atoms with Crippen LogP contribution in [-0.4, -0.2) is 23.5 Å². The second-order valence-corrected chi connectivity index (χ2v) is 4.80. The molecule has 0 radical (unpaired) electrons. The van der Waals surface area contributed by atoms with Gasteiger partial charge < -0.3 is 4.74 Å². The van der Waals surface area contributed by atoms with Crippen LogP contribution >= 0.6 is 22.9 Å². The number of halogens is 3. The van der Waals surface area contributed by atoms with Gasteiger partial charge in [-0.1, -0.05) is 11.6 Å². The highest BCUT2D eigenvalue weighted by molar-refractivity contribution is 7.14. The average Bonchev–Trinajstić information content (AvgIpc) is 2.67. The molecule has 1 aromatic rings. The zero-order valence-electron chi connectivity index (χ0n) is 8.30. The van der Waals surface area contributed by atoms with Crippen LogP contribution in [0.5, 0.6) is 0 Å². The summed E-state index contributed by atoms with van der Waals surface area (Å²) in [7, 11) is 0. The van der Waals surface area contributed by atoms with Gasteiger partial charge in [-0.2, -0.15) is 0 Å². The largest absolute Gasteiger partial charge is 0.462 e. The van der Waals surface area contributed by atoms with Crippen molar-refractivity contribution in [1.82, 2.24) is 4.98 Å². The molecule has 0 spiro atoms. The number of hydrogen-bond donors (Lipinski definition) is 0. The van der Waals surface area contributed by atoms with E-state index < -0.39 is 17.8 Å². The lowest BCUT2D eigenvalue weighted by Crippen LogP contribution is -2.02. The molecule has 7 heteroatoms. The minimum absolute atomic E-state index is 0.0545. The fraction of sp³-hybridized carbons (Fsp3) is 0.556. The lowest BCUT2D eigenvalue weighted by molar-refractivity contribution is 0.0532. The summed E-state index contributed by atoms with van der Waals surface area (Å²) in [6, 6.07) is 0. The van der Waals surface area contributed by atoms with Gasteiger partial charge in [0, 0.05) is 6.42 Å². The van der Waals surface area contributed by atoms with Crippen molar-refractivity contribution >= 4 is 28.9 Å². The summed E-state index contributed by atoms with van der Waals surface area (Å²) >= 11 is 6.58. The highest BCUT2D eigenvalue weighted by atomic mass is 35.5. The molecule has 0 aliphatic heterocycles. The van der Waals surface area contributed by atoms with Gasteiger partial charge in [0.05, 0.1) is 12.5 Å². The molecule has 88 valence electrons. The van der Waals surface area contributed by atoms with Gasteiger partial charge in [-0.25, -0.2) is 18.6 Å². The van der Waals surface area contributed by atoms with Crippen molar-refractivity contribution in [3.63, 3.8) is 0 Å². The van der Waals surface area contributed by atoms with Crippen LogP contribution in [0.2, 0.25) is 5.15 Å². The van der Waals surface area contributed by atoms with E-state index in [2.05, 4.69) is 4.98 Å². The normalized spacial score (nSPS) is 21.9. The average molecular weight is 268 g/mol. The summed E-state index contributed by atoms with van der Waals surface area (Å²) in [5.74, 6) is -4.20. The van der Waals surface area contributed by atoms with Crippen LogP contribution in [0.4, 0.5) is 8.78 Å². The van der Waals surface area contributed by atoms with Crippen molar-refractivity contribution in [3.05, 3.63) is 15.0 Å². The first kappa shape index (κ1) is 11.7. The van der Waals surface area contributed by atoms with Gasteiger partial charge in [-0.15, -0.1) is 11.3 Å². The van der Waals surface area contributed by atoms with Gasteiger partial charge in [0.1, 0.15) is 5.01 Å². The van der Waals surface area contributed by atoms with Crippen molar-refractivity contribution in [3.8, 4) is 0 Å². The summed E-state index contributed by atoms with van der Waals surface area (Å²) in [6.45, 7) is 1.87.